The van der Waals surface area contributed by atoms with Crippen LogP contribution in [0, 0.1) is 0 Å². The van der Waals surface area contributed by atoms with E-state index in [0.29, 0.717) is 11.4 Å². The standard InChI is InChI=1S/C13H13Cl2N3O2S/c1-18-7-16-13(12(18)15)21(19,20)17-11-5-2-8-6-9(14)3-4-10(8)11/h3-4,6-7,11,17H,2,5H2,1H3/t11-/m0/s1. The normalized spacial score (nSPS) is 18.0. The summed E-state index contributed by atoms with van der Waals surface area (Å²) in [6.45, 7) is 0. The number of aromatic nitrogens is 2. The van der Waals surface area contributed by atoms with E-state index in [0.717, 1.165) is 17.5 Å². The Labute approximate surface area is 132 Å². The summed E-state index contributed by atoms with van der Waals surface area (Å²) in [6.07, 6.45) is 2.86. The van der Waals surface area contributed by atoms with Gasteiger partial charge in [-0.1, -0.05) is 29.3 Å². The maximum absolute atomic E-state index is 12.4. The quantitative estimate of drug-likeness (QED) is 0.929. The van der Waals surface area contributed by atoms with E-state index in [1.165, 1.54) is 10.9 Å². The van der Waals surface area contributed by atoms with Gasteiger partial charge in [0.25, 0.3) is 10.0 Å². The molecule has 1 aliphatic rings. The molecule has 0 amide bonds. The van der Waals surface area contributed by atoms with Crippen molar-refractivity contribution < 1.29 is 8.42 Å². The predicted octanol–water partition coefficient (Wildman–Crippen LogP) is 2.69. The zero-order valence-electron chi connectivity index (χ0n) is 11.2. The van der Waals surface area contributed by atoms with Gasteiger partial charge in [0.05, 0.1) is 6.33 Å². The van der Waals surface area contributed by atoms with Gasteiger partial charge in [0.15, 0.2) is 0 Å². The third-order valence-corrected chi connectivity index (χ3v) is 5.76. The van der Waals surface area contributed by atoms with Crippen LogP contribution in [0.3, 0.4) is 0 Å². The smallest absolute Gasteiger partial charge is 0.261 e. The molecule has 1 aromatic heterocycles. The summed E-state index contributed by atoms with van der Waals surface area (Å²) in [5, 5.41) is 0.607. The first kappa shape index (κ1) is 14.8. The van der Waals surface area contributed by atoms with Gasteiger partial charge in [0.2, 0.25) is 5.03 Å². The molecule has 0 spiro atoms. The molecule has 0 saturated heterocycles. The van der Waals surface area contributed by atoms with E-state index in [-0.39, 0.29) is 16.2 Å². The van der Waals surface area contributed by atoms with Crippen LogP contribution in [0.2, 0.25) is 10.2 Å². The van der Waals surface area contributed by atoms with Gasteiger partial charge < -0.3 is 4.57 Å². The Balaban J connectivity index is 1.90. The van der Waals surface area contributed by atoms with Gasteiger partial charge in [-0.25, -0.2) is 18.1 Å². The van der Waals surface area contributed by atoms with Crippen molar-refractivity contribution in [3.8, 4) is 0 Å². The molecule has 0 bridgehead atoms. The predicted molar refractivity (Wildman–Crippen MR) is 81.1 cm³/mol. The second-order valence-electron chi connectivity index (χ2n) is 5.01. The van der Waals surface area contributed by atoms with Crippen LogP contribution < -0.4 is 4.72 Å². The lowest BCUT2D eigenvalue weighted by molar-refractivity contribution is 0.551. The molecule has 1 aliphatic carbocycles. The fourth-order valence-electron chi connectivity index (χ4n) is 2.53. The van der Waals surface area contributed by atoms with Crippen LogP contribution in [0.1, 0.15) is 23.6 Å². The molecule has 2 aromatic rings. The second kappa shape index (κ2) is 5.28. The van der Waals surface area contributed by atoms with Gasteiger partial charge in [0.1, 0.15) is 5.15 Å². The summed E-state index contributed by atoms with van der Waals surface area (Å²) >= 11 is 11.9. The van der Waals surface area contributed by atoms with Crippen LogP contribution in [0.4, 0.5) is 0 Å². The highest BCUT2D eigenvalue weighted by atomic mass is 35.5. The average Bonchev–Trinajstić information content (AvgIpc) is 2.94. The third kappa shape index (κ3) is 2.68. The number of rotatable bonds is 3. The number of hydrogen-bond acceptors (Lipinski definition) is 3. The monoisotopic (exact) mass is 345 g/mol. The Bertz CT molecular complexity index is 802. The van der Waals surface area contributed by atoms with E-state index < -0.39 is 10.0 Å². The van der Waals surface area contributed by atoms with Crippen LogP contribution in [0.5, 0.6) is 0 Å². The number of benzene rings is 1. The third-order valence-electron chi connectivity index (χ3n) is 3.57. The number of nitrogens with one attached hydrogen (secondary N) is 1. The van der Waals surface area contributed by atoms with Crippen molar-refractivity contribution in [2.24, 2.45) is 7.05 Å². The first-order valence-electron chi connectivity index (χ1n) is 6.36. The van der Waals surface area contributed by atoms with Crippen LogP contribution in [-0.2, 0) is 23.5 Å². The average molecular weight is 346 g/mol. The molecule has 8 heteroatoms. The minimum atomic E-state index is -3.75. The number of nitrogens with zero attached hydrogens (tertiary/aromatic N) is 2. The number of aryl methyl sites for hydroxylation is 2. The lowest BCUT2D eigenvalue weighted by Gasteiger charge is -2.13. The van der Waals surface area contributed by atoms with E-state index in [1.807, 2.05) is 12.1 Å². The van der Waals surface area contributed by atoms with Crippen molar-refractivity contribution in [1.29, 1.82) is 0 Å². The highest BCUT2D eigenvalue weighted by molar-refractivity contribution is 7.89. The lowest BCUT2D eigenvalue weighted by atomic mass is 10.1. The van der Waals surface area contributed by atoms with Crippen LogP contribution in [0.15, 0.2) is 29.6 Å². The molecule has 0 unspecified atom stereocenters. The first-order valence-corrected chi connectivity index (χ1v) is 8.60. The van der Waals surface area contributed by atoms with Gasteiger partial charge >= 0.3 is 0 Å². The molecule has 1 N–H and O–H groups in total. The fourth-order valence-corrected chi connectivity index (χ4v) is 4.40. The Kier molecular flexibility index (Phi) is 3.73. The number of halogens is 2. The summed E-state index contributed by atoms with van der Waals surface area (Å²) in [6, 6.07) is 5.22. The van der Waals surface area contributed by atoms with E-state index in [9.17, 15) is 8.42 Å². The zero-order valence-corrected chi connectivity index (χ0v) is 13.5. The van der Waals surface area contributed by atoms with E-state index in [1.54, 1.807) is 13.1 Å². The van der Waals surface area contributed by atoms with Crippen molar-refractivity contribution in [3.05, 3.63) is 45.8 Å². The van der Waals surface area contributed by atoms with E-state index in [2.05, 4.69) is 9.71 Å². The van der Waals surface area contributed by atoms with Gasteiger partial charge in [-0.2, -0.15) is 0 Å². The Morgan fingerprint density at radius 3 is 2.81 bits per heavy atom. The largest absolute Gasteiger partial charge is 0.324 e. The van der Waals surface area contributed by atoms with Crippen molar-refractivity contribution in [2.45, 2.75) is 23.9 Å². The van der Waals surface area contributed by atoms with Gasteiger partial charge in [-0.15, -0.1) is 0 Å². The van der Waals surface area contributed by atoms with Crippen LogP contribution >= 0.6 is 23.2 Å². The highest BCUT2D eigenvalue weighted by Gasteiger charge is 2.30. The van der Waals surface area contributed by atoms with Gasteiger partial charge in [0, 0.05) is 18.1 Å². The van der Waals surface area contributed by atoms with Crippen LogP contribution in [-0.4, -0.2) is 18.0 Å². The molecule has 21 heavy (non-hydrogen) atoms. The minimum absolute atomic E-state index is 0.0943. The molecule has 0 fully saturated rings. The van der Waals surface area contributed by atoms with Gasteiger partial charge in [-0.3, -0.25) is 0 Å². The minimum Gasteiger partial charge on any atom is -0.324 e. The zero-order chi connectivity index (χ0) is 15.2. The topological polar surface area (TPSA) is 64.0 Å². The molecule has 0 aliphatic heterocycles. The molecule has 1 heterocycles. The van der Waals surface area contributed by atoms with E-state index >= 15 is 0 Å². The number of hydrogen-bond donors (Lipinski definition) is 1. The summed E-state index contributed by atoms with van der Waals surface area (Å²) in [5.41, 5.74) is 2.03. The second-order valence-corrected chi connectivity index (χ2v) is 7.43. The summed E-state index contributed by atoms with van der Waals surface area (Å²) in [5.74, 6) is 0. The molecule has 1 atom stereocenters. The molecule has 3 rings (SSSR count). The molecular weight excluding hydrogens is 333 g/mol. The molecule has 0 saturated carbocycles. The van der Waals surface area contributed by atoms with Crippen LogP contribution in [0.25, 0.3) is 0 Å². The Morgan fingerprint density at radius 2 is 2.14 bits per heavy atom. The molecule has 0 radical (unpaired) electrons. The van der Waals surface area contributed by atoms with Gasteiger partial charge in [-0.05, 0) is 36.1 Å². The number of sulfonamides is 1. The maximum Gasteiger partial charge on any atom is 0.261 e. The molecule has 112 valence electrons. The highest BCUT2D eigenvalue weighted by Crippen LogP contribution is 2.34. The number of imidazole rings is 1. The number of fused-ring (bicyclic) bond motifs is 1. The molecular formula is C13H13Cl2N3O2S. The SMILES string of the molecule is Cn1cnc(S(=O)(=O)N[C@H]2CCc3cc(Cl)ccc32)c1Cl. The van der Waals surface area contributed by atoms with Crippen molar-refractivity contribution in [2.75, 3.05) is 0 Å². The van der Waals surface area contributed by atoms with Crippen molar-refractivity contribution in [1.82, 2.24) is 14.3 Å². The summed E-state index contributed by atoms with van der Waals surface area (Å²) in [4.78, 5) is 3.86. The fraction of sp³-hybridized carbons (Fsp3) is 0.308. The summed E-state index contributed by atoms with van der Waals surface area (Å²) < 4.78 is 28.9. The maximum atomic E-state index is 12.4. The molecule has 1 aromatic carbocycles. The Morgan fingerprint density at radius 1 is 1.38 bits per heavy atom. The summed E-state index contributed by atoms with van der Waals surface area (Å²) in [7, 11) is -2.11. The molecule has 5 nitrogen and oxygen atoms in total. The van der Waals surface area contributed by atoms with E-state index in [4.69, 9.17) is 23.2 Å². The van der Waals surface area contributed by atoms with Crippen molar-refractivity contribution in [3.63, 3.8) is 0 Å². The lowest BCUT2D eigenvalue weighted by Crippen LogP contribution is -2.28. The Hall–Kier alpha value is -1.08. The first-order chi connectivity index (χ1) is 9.88. The van der Waals surface area contributed by atoms with Crippen molar-refractivity contribution >= 4 is 33.2 Å².